The van der Waals surface area contributed by atoms with E-state index in [4.69, 9.17) is 8.61 Å². The number of aliphatic carboxylic acids is 1. The molecule has 0 fully saturated rings. The standard InChI is InChI=1S/C28H43NO4SSi/c1-7-32-34(27(2,3)4)29-22-16-8-9-17-23-33-35(28(5,6)26(30)31,24-18-12-10-13-19-24)25-20-14-11-15-21-25/h10-15,18-21,29H,7-9,16-17,22-23H2,1-6H3. The highest BCUT2D eigenvalue weighted by atomic mass is 32.2. The highest BCUT2D eigenvalue weighted by molar-refractivity contribution is 7.91. The van der Waals surface area contributed by atoms with Gasteiger partial charge in [-0.2, -0.15) is 4.18 Å². The fourth-order valence-electron chi connectivity index (χ4n) is 4.25. The van der Waals surface area contributed by atoms with Gasteiger partial charge in [-0.25, -0.2) is 0 Å². The molecule has 7 heteroatoms. The fourth-order valence-corrected chi connectivity index (χ4v) is 10.2. The van der Waals surface area contributed by atoms with Crippen LogP contribution in [0.2, 0.25) is 5.04 Å². The van der Waals surface area contributed by atoms with Gasteiger partial charge in [-0.1, -0.05) is 87.4 Å². The molecule has 5 nitrogen and oxygen atoms in total. The quantitative estimate of drug-likeness (QED) is 0.221. The van der Waals surface area contributed by atoms with Crippen LogP contribution in [0, 0.1) is 0 Å². The molecule has 194 valence electrons. The smallest absolute Gasteiger partial charge is 0.266 e. The number of carbonyl (C=O) groups is 1. The maximum Gasteiger partial charge on any atom is 0.266 e. The number of hydrogen-bond donors (Lipinski definition) is 1. The lowest BCUT2D eigenvalue weighted by Gasteiger charge is -2.45. The molecule has 0 aliphatic heterocycles. The molecule has 0 aliphatic carbocycles. The zero-order valence-corrected chi connectivity index (χ0v) is 24.1. The van der Waals surface area contributed by atoms with E-state index in [2.05, 4.69) is 25.5 Å². The van der Waals surface area contributed by atoms with Crippen LogP contribution >= 0.6 is 0 Å². The van der Waals surface area contributed by atoms with Crippen LogP contribution in [-0.4, -0.2) is 38.8 Å². The van der Waals surface area contributed by atoms with Gasteiger partial charge in [0.1, 0.15) is 6.61 Å². The Balaban J connectivity index is 2.05. The van der Waals surface area contributed by atoms with Crippen LogP contribution in [0.15, 0.2) is 60.7 Å². The minimum absolute atomic E-state index is 0.0818. The number of carbonyl (C=O) groups excluding carboxylic acids is 1. The Kier molecular flexibility index (Phi) is 11.5. The van der Waals surface area contributed by atoms with Crippen LogP contribution in [-0.2, 0) is 24.8 Å². The first kappa shape index (κ1) is 29.6. The zero-order valence-electron chi connectivity index (χ0n) is 22.3. The second kappa shape index (κ2) is 13.6. The topological polar surface area (TPSA) is 70.6 Å². The third kappa shape index (κ3) is 7.67. The van der Waals surface area contributed by atoms with Gasteiger partial charge in [0.05, 0.1) is 0 Å². The Morgan fingerprint density at radius 3 is 1.86 bits per heavy atom. The molecule has 0 amide bonds. The monoisotopic (exact) mass is 517 g/mol. The molecule has 1 unspecified atom stereocenters. The summed E-state index contributed by atoms with van der Waals surface area (Å²) in [5.74, 6) is -1.08. The summed E-state index contributed by atoms with van der Waals surface area (Å²) in [6.45, 7) is 14.3. The summed E-state index contributed by atoms with van der Waals surface area (Å²) >= 11 is -0.250. The zero-order chi connectivity index (χ0) is 26.0. The highest BCUT2D eigenvalue weighted by Gasteiger charge is 2.53. The maximum absolute atomic E-state index is 12.4. The summed E-state index contributed by atoms with van der Waals surface area (Å²) in [5.41, 5.74) is 0. The van der Waals surface area contributed by atoms with E-state index in [1.807, 2.05) is 67.6 Å². The highest BCUT2D eigenvalue weighted by Crippen LogP contribution is 2.37. The molecule has 0 aliphatic rings. The van der Waals surface area contributed by atoms with Gasteiger partial charge < -0.3 is 14.3 Å². The molecule has 1 N–H and O–H groups in total. The molecule has 0 bridgehead atoms. The molecule has 1 atom stereocenters. The Bertz CT molecular complexity index is 847. The Hall–Kier alpha value is -1.64. The third-order valence-corrected chi connectivity index (χ3v) is 13.1. The lowest BCUT2D eigenvalue weighted by molar-refractivity contribution is -0.309. The Labute approximate surface area is 216 Å². The van der Waals surface area contributed by atoms with Crippen molar-refractivity contribution in [1.82, 2.24) is 4.72 Å². The van der Waals surface area contributed by atoms with Crippen molar-refractivity contribution in [1.29, 1.82) is 0 Å². The van der Waals surface area contributed by atoms with Gasteiger partial charge in [-0.15, -0.1) is 4.72 Å². The molecule has 2 aromatic carbocycles. The third-order valence-electron chi connectivity index (χ3n) is 6.17. The van der Waals surface area contributed by atoms with Crippen LogP contribution < -0.4 is 20.2 Å². The number of benzene rings is 2. The van der Waals surface area contributed by atoms with Gasteiger partial charge in [-0.05, 0) is 50.9 Å². The Morgan fingerprint density at radius 2 is 1.40 bits per heavy atom. The van der Waals surface area contributed by atoms with Crippen molar-refractivity contribution in [3.8, 4) is 0 Å². The number of nitrogens with one attached hydrogen (secondary N) is 1. The maximum atomic E-state index is 12.4. The summed E-state index contributed by atoms with van der Waals surface area (Å²) in [7, 11) is -3.15. The molecule has 0 aromatic heterocycles. The second-order valence-electron chi connectivity index (χ2n) is 10.3. The van der Waals surface area contributed by atoms with Crippen molar-refractivity contribution in [2.24, 2.45) is 0 Å². The van der Waals surface area contributed by atoms with Crippen molar-refractivity contribution in [2.45, 2.75) is 77.0 Å². The van der Waals surface area contributed by atoms with Gasteiger partial charge >= 0.3 is 0 Å². The molecular weight excluding hydrogens is 474 g/mol. The van der Waals surface area contributed by atoms with Gasteiger partial charge in [0.2, 0.25) is 11.4 Å². The molecule has 0 spiro atoms. The van der Waals surface area contributed by atoms with Crippen molar-refractivity contribution in [2.75, 3.05) is 19.8 Å². The van der Waals surface area contributed by atoms with Crippen LogP contribution in [0.25, 0.3) is 0 Å². The minimum Gasteiger partial charge on any atom is -0.550 e. The number of carboxylic acid groups (broad SMARTS) is 1. The number of rotatable bonds is 15. The first-order chi connectivity index (χ1) is 16.6. The first-order valence-corrected chi connectivity index (χ1v) is 15.7. The van der Waals surface area contributed by atoms with Crippen molar-refractivity contribution in [3.63, 3.8) is 0 Å². The van der Waals surface area contributed by atoms with E-state index in [0.717, 1.165) is 42.6 Å². The molecule has 2 rings (SSSR count). The molecule has 0 saturated carbocycles. The predicted octanol–water partition coefficient (Wildman–Crippen LogP) is 3.73. The number of unbranched alkanes of at least 4 members (excludes halogenated alkanes) is 3. The second-order valence-corrected chi connectivity index (χ2v) is 16.6. The lowest BCUT2D eigenvalue weighted by atomic mass is 10.2. The summed E-state index contributed by atoms with van der Waals surface area (Å²) in [6, 6.07) is 19.7. The summed E-state index contributed by atoms with van der Waals surface area (Å²) in [4.78, 5) is 12.4. The predicted molar refractivity (Wildman–Crippen MR) is 148 cm³/mol. The molecular formula is C28H43NO4SSi. The van der Waals surface area contributed by atoms with Crippen LogP contribution in [0.4, 0.5) is 0 Å². The van der Waals surface area contributed by atoms with E-state index in [1.165, 1.54) is 0 Å². The van der Waals surface area contributed by atoms with E-state index in [-0.39, 0.29) is 16.1 Å². The van der Waals surface area contributed by atoms with Gasteiger partial charge in [0, 0.05) is 24.2 Å². The largest absolute Gasteiger partial charge is 0.550 e. The number of carboxylic acids is 1. The van der Waals surface area contributed by atoms with Crippen molar-refractivity contribution >= 4 is 36.0 Å². The lowest BCUT2D eigenvalue weighted by Crippen LogP contribution is -2.70. The van der Waals surface area contributed by atoms with E-state index in [1.54, 1.807) is 13.8 Å². The van der Waals surface area contributed by atoms with Crippen molar-refractivity contribution < 1.29 is 18.5 Å². The minimum atomic E-state index is -3.15. The average Bonchev–Trinajstić information content (AvgIpc) is 2.82. The normalized spacial score (nSPS) is 13.5. The van der Waals surface area contributed by atoms with Gasteiger partial charge in [0.25, 0.3) is 8.32 Å². The summed E-state index contributed by atoms with van der Waals surface area (Å²) in [5, 5.41) is 13.2. The average molecular weight is 518 g/mol. The molecule has 0 heterocycles. The van der Waals surface area contributed by atoms with Crippen LogP contribution in [0.5, 0.6) is 0 Å². The van der Waals surface area contributed by atoms with Crippen LogP contribution in [0.1, 0.15) is 67.2 Å². The Morgan fingerprint density at radius 1 is 0.886 bits per heavy atom. The van der Waals surface area contributed by atoms with E-state index < -0.39 is 19.3 Å². The van der Waals surface area contributed by atoms with E-state index in [9.17, 15) is 9.90 Å². The van der Waals surface area contributed by atoms with Gasteiger partial charge in [0.15, 0.2) is 4.75 Å². The SMILES string of the molecule is CCO[S+](NCCCCCCO[Si](c1ccccc1)(c1ccccc1)C(C)(C)C(=O)[O-])C(C)(C)C. The van der Waals surface area contributed by atoms with E-state index >= 15 is 0 Å². The summed E-state index contributed by atoms with van der Waals surface area (Å²) in [6.07, 6.45) is 4.06. The molecule has 0 saturated heterocycles. The molecule has 2 aromatic rings. The van der Waals surface area contributed by atoms with Crippen molar-refractivity contribution in [3.05, 3.63) is 60.7 Å². The first-order valence-electron chi connectivity index (χ1n) is 12.6. The van der Waals surface area contributed by atoms with Gasteiger partial charge in [-0.3, -0.25) is 0 Å². The number of hydrogen-bond acceptors (Lipinski definition) is 5. The van der Waals surface area contributed by atoms with E-state index in [0.29, 0.717) is 13.2 Å². The summed E-state index contributed by atoms with van der Waals surface area (Å²) < 4.78 is 16.2. The molecule has 35 heavy (non-hydrogen) atoms. The fraction of sp³-hybridized carbons (Fsp3) is 0.536. The van der Waals surface area contributed by atoms with Crippen LogP contribution in [0.3, 0.4) is 0 Å². The molecule has 0 radical (unpaired) electrons.